The molecule has 2 aromatic heterocycles. The summed E-state index contributed by atoms with van der Waals surface area (Å²) in [5.41, 5.74) is 2.79. The first kappa shape index (κ1) is 16.3. The van der Waals surface area contributed by atoms with Crippen LogP contribution >= 0.6 is 11.3 Å². The van der Waals surface area contributed by atoms with Crippen molar-refractivity contribution in [3.63, 3.8) is 0 Å². The Morgan fingerprint density at radius 1 is 1.19 bits per heavy atom. The number of carbonyl (C=O) groups is 1. The highest BCUT2D eigenvalue weighted by Crippen LogP contribution is 2.31. The van der Waals surface area contributed by atoms with E-state index >= 15 is 0 Å². The molecule has 1 aliphatic rings. The Balaban J connectivity index is 1.23. The Hall–Kier alpha value is -2.93. The van der Waals surface area contributed by atoms with Gasteiger partial charge in [-0.05, 0) is 43.2 Å². The summed E-state index contributed by atoms with van der Waals surface area (Å²) in [5.74, 6) is 0.130. The summed E-state index contributed by atoms with van der Waals surface area (Å²) in [6.07, 6.45) is 3.46. The van der Waals surface area contributed by atoms with Crippen LogP contribution in [0.4, 0.5) is 10.8 Å². The molecule has 7 heteroatoms. The van der Waals surface area contributed by atoms with E-state index in [4.69, 9.17) is 4.98 Å². The van der Waals surface area contributed by atoms with Crippen molar-refractivity contribution >= 4 is 49.2 Å². The number of hydrogen-bond donors (Lipinski definition) is 2. The van der Waals surface area contributed by atoms with E-state index in [1.165, 1.54) is 4.70 Å². The van der Waals surface area contributed by atoms with Crippen LogP contribution in [-0.2, 0) is 4.79 Å². The molecule has 3 heterocycles. The first-order valence-electron chi connectivity index (χ1n) is 9.11. The van der Waals surface area contributed by atoms with Gasteiger partial charge < -0.3 is 10.2 Å². The maximum Gasteiger partial charge on any atom is 0.227 e. The third-order valence-electron chi connectivity index (χ3n) is 5.13. The van der Waals surface area contributed by atoms with Gasteiger partial charge in [0.05, 0.1) is 21.9 Å². The number of benzene rings is 2. The fourth-order valence-electron chi connectivity index (χ4n) is 3.59. The van der Waals surface area contributed by atoms with Gasteiger partial charge in [-0.15, -0.1) is 0 Å². The molecule has 136 valence electrons. The van der Waals surface area contributed by atoms with Crippen LogP contribution in [0.5, 0.6) is 0 Å². The predicted molar refractivity (Wildman–Crippen MR) is 109 cm³/mol. The average Bonchev–Trinajstić information content (AvgIpc) is 3.34. The third-order valence-corrected chi connectivity index (χ3v) is 6.23. The van der Waals surface area contributed by atoms with Crippen LogP contribution in [0.15, 0.2) is 48.7 Å². The molecule has 0 bridgehead atoms. The molecule has 6 nitrogen and oxygen atoms in total. The molecule has 0 saturated carbocycles. The summed E-state index contributed by atoms with van der Waals surface area (Å²) in [7, 11) is 0. The number of para-hydroxylation sites is 1. The number of nitrogens with zero attached hydrogens (tertiary/aromatic N) is 3. The van der Waals surface area contributed by atoms with Crippen molar-refractivity contribution in [3.05, 3.63) is 48.7 Å². The van der Waals surface area contributed by atoms with Gasteiger partial charge in [-0.1, -0.05) is 23.5 Å². The van der Waals surface area contributed by atoms with E-state index in [-0.39, 0.29) is 11.8 Å². The molecular formula is C20H19N5OS. The average molecular weight is 377 g/mol. The standard InChI is InChI=1S/C20H19N5OS/c26-19(22-15-6-5-14-12-21-24-17(14)11-15)13-7-9-25(10-8-13)20-23-16-3-1-2-4-18(16)27-20/h1-6,11-13H,7-10H2,(H,21,24)(H,22,26). The number of aromatic nitrogens is 3. The maximum absolute atomic E-state index is 12.7. The van der Waals surface area contributed by atoms with Gasteiger partial charge in [0.25, 0.3) is 0 Å². The minimum Gasteiger partial charge on any atom is -0.348 e. The summed E-state index contributed by atoms with van der Waals surface area (Å²) in [5, 5.41) is 12.1. The lowest BCUT2D eigenvalue weighted by Crippen LogP contribution is -2.38. The smallest absolute Gasteiger partial charge is 0.227 e. The number of aromatic amines is 1. The van der Waals surface area contributed by atoms with E-state index in [1.807, 2.05) is 36.4 Å². The molecule has 1 fully saturated rings. The van der Waals surface area contributed by atoms with E-state index in [1.54, 1.807) is 17.5 Å². The quantitative estimate of drug-likeness (QED) is 0.565. The van der Waals surface area contributed by atoms with E-state index in [0.717, 1.165) is 53.2 Å². The number of carbonyl (C=O) groups excluding carboxylic acids is 1. The number of amides is 1. The highest BCUT2D eigenvalue weighted by Gasteiger charge is 2.26. The molecule has 0 spiro atoms. The zero-order valence-corrected chi connectivity index (χ0v) is 15.5. The van der Waals surface area contributed by atoms with Gasteiger partial charge in [0.15, 0.2) is 5.13 Å². The number of anilines is 2. The second kappa shape index (κ2) is 6.66. The normalized spacial score (nSPS) is 15.5. The van der Waals surface area contributed by atoms with E-state index in [2.05, 4.69) is 26.5 Å². The molecule has 27 heavy (non-hydrogen) atoms. The molecule has 0 aliphatic carbocycles. The fraction of sp³-hybridized carbons (Fsp3) is 0.250. The lowest BCUT2D eigenvalue weighted by atomic mass is 9.96. The van der Waals surface area contributed by atoms with Gasteiger partial charge in [-0.3, -0.25) is 9.89 Å². The topological polar surface area (TPSA) is 73.9 Å². The molecule has 5 rings (SSSR count). The fourth-order valence-corrected chi connectivity index (χ4v) is 4.60. The van der Waals surface area contributed by atoms with Crippen LogP contribution < -0.4 is 10.2 Å². The lowest BCUT2D eigenvalue weighted by Gasteiger charge is -2.31. The Labute approximate surface area is 160 Å². The van der Waals surface area contributed by atoms with Crippen LogP contribution in [0, 0.1) is 5.92 Å². The second-order valence-electron chi connectivity index (χ2n) is 6.89. The SMILES string of the molecule is O=C(Nc1ccc2cn[nH]c2c1)C1CCN(c2nc3ccccc3s2)CC1. The zero-order valence-electron chi connectivity index (χ0n) is 14.7. The molecule has 0 radical (unpaired) electrons. The highest BCUT2D eigenvalue weighted by atomic mass is 32.1. The summed E-state index contributed by atoms with van der Waals surface area (Å²) in [6.45, 7) is 1.72. The Morgan fingerprint density at radius 3 is 2.89 bits per heavy atom. The highest BCUT2D eigenvalue weighted by molar-refractivity contribution is 7.22. The van der Waals surface area contributed by atoms with Crippen LogP contribution in [0.25, 0.3) is 21.1 Å². The van der Waals surface area contributed by atoms with Crippen molar-refractivity contribution in [2.75, 3.05) is 23.3 Å². The molecular weight excluding hydrogens is 358 g/mol. The monoisotopic (exact) mass is 377 g/mol. The van der Waals surface area contributed by atoms with Crippen LogP contribution in [0.3, 0.4) is 0 Å². The molecule has 1 saturated heterocycles. The molecule has 1 amide bonds. The Morgan fingerprint density at radius 2 is 2.04 bits per heavy atom. The number of hydrogen-bond acceptors (Lipinski definition) is 5. The number of nitrogens with one attached hydrogen (secondary N) is 2. The number of thiazole rings is 1. The minimum atomic E-state index is 0.0353. The lowest BCUT2D eigenvalue weighted by molar-refractivity contribution is -0.120. The van der Waals surface area contributed by atoms with Crippen molar-refractivity contribution in [2.45, 2.75) is 12.8 Å². The van der Waals surface area contributed by atoms with Gasteiger partial charge in [0.1, 0.15) is 0 Å². The first-order chi connectivity index (χ1) is 13.3. The molecule has 2 aromatic carbocycles. The van der Waals surface area contributed by atoms with Gasteiger partial charge >= 0.3 is 0 Å². The van der Waals surface area contributed by atoms with E-state index in [9.17, 15) is 4.79 Å². The molecule has 0 unspecified atom stereocenters. The van der Waals surface area contributed by atoms with Crippen molar-refractivity contribution in [3.8, 4) is 0 Å². The molecule has 2 N–H and O–H groups in total. The second-order valence-corrected chi connectivity index (χ2v) is 7.90. The third kappa shape index (κ3) is 3.14. The number of H-pyrrole nitrogens is 1. The van der Waals surface area contributed by atoms with Crippen molar-refractivity contribution in [1.82, 2.24) is 15.2 Å². The maximum atomic E-state index is 12.7. The van der Waals surface area contributed by atoms with Crippen LogP contribution in [-0.4, -0.2) is 34.2 Å². The summed E-state index contributed by atoms with van der Waals surface area (Å²) in [6, 6.07) is 14.0. The van der Waals surface area contributed by atoms with Crippen LogP contribution in [0.1, 0.15) is 12.8 Å². The minimum absolute atomic E-state index is 0.0353. The van der Waals surface area contributed by atoms with Gasteiger partial charge in [-0.2, -0.15) is 5.10 Å². The van der Waals surface area contributed by atoms with Crippen molar-refractivity contribution in [2.24, 2.45) is 5.92 Å². The van der Waals surface area contributed by atoms with Crippen LogP contribution in [0.2, 0.25) is 0 Å². The number of fused-ring (bicyclic) bond motifs is 2. The Kier molecular flexibility index (Phi) is 4.01. The number of rotatable bonds is 3. The largest absolute Gasteiger partial charge is 0.348 e. The molecule has 1 aliphatic heterocycles. The molecule has 4 aromatic rings. The van der Waals surface area contributed by atoms with E-state index < -0.39 is 0 Å². The Bertz CT molecular complexity index is 1080. The zero-order chi connectivity index (χ0) is 18.2. The predicted octanol–water partition coefficient (Wildman–Crippen LogP) is 4.03. The summed E-state index contributed by atoms with van der Waals surface area (Å²) >= 11 is 1.72. The van der Waals surface area contributed by atoms with Crippen molar-refractivity contribution in [1.29, 1.82) is 0 Å². The van der Waals surface area contributed by atoms with E-state index in [0.29, 0.717) is 0 Å². The molecule has 0 atom stereocenters. The number of piperidine rings is 1. The summed E-state index contributed by atoms with van der Waals surface area (Å²) in [4.78, 5) is 19.7. The van der Waals surface area contributed by atoms with Crippen molar-refractivity contribution < 1.29 is 4.79 Å². The van der Waals surface area contributed by atoms with Gasteiger partial charge in [0.2, 0.25) is 5.91 Å². The van der Waals surface area contributed by atoms with Gasteiger partial charge in [-0.25, -0.2) is 4.98 Å². The van der Waals surface area contributed by atoms with Gasteiger partial charge in [0, 0.05) is 30.1 Å². The summed E-state index contributed by atoms with van der Waals surface area (Å²) < 4.78 is 1.21. The first-order valence-corrected chi connectivity index (χ1v) is 9.92.